The van der Waals surface area contributed by atoms with Crippen molar-refractivity contribution in [2.45, 2.75) is 44.2 Å². The predicted octanol–water partition coefficient (Wildman–Crippen LogP) is 2.81. The fourth-order valence-corrected chi connectivity index (χ4v) is 4.72. The Balaban J connectivity index is 1.50. The number of likely N-dealkylation sites (tertiary alicyclic amines) is 1. The Bertz CT molecular complexity index is 757. The van der Waals surface area contributed by atoms with Crippen LogP contribution in [0.5, 0.6) is 0 Å². The number of nitrogens with zero attached hydrogens (tertiary/aromatic N) is 2. The Kier molecular flexibility index (Phi) is 4.57. The smallest absolute Gasteiger partial charge is 0.318 e. The summed E-state index contributed by atoms with van der Waals surface area (Å²) in [5.74, 6) is -0.0680. The minimum atomic E-state index is -0.424. The van der Waals surface area contributed by atoms with Crippen molar-refractivity contribution in [2.75, 3.05) is 13.1 Å². The van der Waals surface area contributed by atoms with E-state index in [4.69, 9.17) is 4.98 Å². The highest BCUT2D eigenvalue weighted by Crippen LogP contribution is 2.36. The molecule has 25 heavy (non-hydrogen) atoms. The molecule has 0 unspecified atom stereocenters. The van der Waals surface area contributed by atoms with Crippen LogP contribution in [-0.2, 0) is 4.79 Å². The lowest BCUT2D eigenvalue weighted by Crippen LogP contribution is -2.50. The summed E-state index contributed by atoms with van der Waals surface area (Å²) in [5.41, 5.74) is 0.984. The van der Waals surface area contributed by atoms with E-state index in [0.29, 0.717) is 19.5 Å². The van der Waals surface area contributed by atoms with Gasteiger partial charge in [0.2, 0.25) is 5.91 Å². The van der Waals surface area contributed by atoms with Gasteiger partial charge in [-0.15, -0.1) is 11.3 Å². The largest absolute Gasteiger partial charge is 0.354 e. The van der Waals surface area contributed by atoms with Gasteiger partial charge in [0.05, 0.1) is 16.3 Å². The average molecular weight is 358 g/mol. The van der Waals surface area contributed by atoms with E-state index in [1.54, 1.807) is 11.3 Å². The standard InChI is InChI=1S/C18H22N4O2S/c23-16-13(7-3-4-10-19-16)21-18(24)22-11-5-8-14(22)17-20-12-6-1-2-9-15(12)25-17/h1-2,6,9,13-14H,3-5,7-8,10-11H2,(H,19,23)(H,21,24)/t13-,14+/m0/s1. The van der Waals surface area contributed by atoms with Crippen molar-refractivity contribution in [3.63, 3.8) is 0 Å². The first kappa shape index (κ1) is 16.3. The molecular formula is C18H22N4O2S. The lowest BCUT2D eigenvalue weighted by Gasteiger charge is -2.26. The molecule has 2 N–H and O–H groups in total. The predicted molar refractivity (Wildman–Crippen MR) is 97.5 cm³/mol. The molecule has 6 nitrogen and oxygen atoms in total. The molecule has 0 bridgehead atoms. The van der Waals surface area contributed by atoms with Gasteiger partial charge in [-0.05, 0) is 44.2 Å². The molecule has 1 aromatic heterocycles. The molecule has 2 aliphatic heterocycles. The molecule has 0 spiro atoms. The summed E-state index contributed by atoms with van der Waals surface area (Å²) in [4.78, 5) is 31.4. The van der Waals surface area contributed by atoms with Gasteiger partial charge in [-0.1, -0.05) is 12.1 Å². The molecule has 132 valence electrons. The maximum absolute atomic E-state index is 12.8. The lowest BCUT2D eigenvalue weighted by molar-refractivity contribution is -0.122. The number of carbonyl (C=O) groups is 2. The number of thiazole rings is 1. The first-order valence-corrected chi connectivity index (χ1v) is 9.74. The van der Waals surface area contributed by atoms with Gasteiger partial charge in [0.25, 0.3) is 0 Å². The van der Waals surface area contributed by atoms with E-state index in [-0.39, 0.29) is 18.0 Å². The highest BCUT2D eigenvalue weighted by atomic mass is 32.1. The van der Waals surface area contributed by atoms with Gasteiger partial charge in [0.1, 0.15) is 11.0 Å². The lowest BCUT2D eigenvalue weighted by atomic mass is 10.1. The Hall–Kier alpha value is -2.15. The fourth-order valence-electron chi connectivity index (χ4n) is 3.61. The summed E-state index contributed by atoms with van der Waals surface area (Å²) in [6, 6.07) is 7.49. The van der Waals surface area contributed by atoms with Gasteiger partial charge >= 0.3 is 6.03 Å². The van der Waals surface area contributed by atoms with Gasteiger partial charge in [-0.2, -0.15) is 0 Å². The minimum Gasteiger partial charge on any atom is -0.354 e. The number of benzene rings is 1. The molecule has 2 saturated heterocycles. The number of carbonyl (C=O) groups excluding carboxylic acids is 2. The third-order valence-electron chi connectivity index (χ3n) is 4.94. The highest BCUT2D eigenvalue weighted by Gasteiger charge is 2.34. The van der Waals surface area contributed by atoms with E-state index in [9.17, 15) is 9.59 Å². The van der Waals surface area contributed by atoms with Crippen molar-refractivity contribution in [2.24, 2.45) is 0 Å². The third kappa shape index (κ3) is 3.33. The van der Waals surface area contributed by atoms with Crippen molar-refractivity contribution in [3.05, 3.63) is 29.3 Å². The van der Waals surface area contributed by atoms with Gasteiger partial charge in [-0.3, -0.25) is 4.79 Å². The van der Waals surface area contributed by atoms with E-state index in [0.717, 1.165) is 40.9 Å². The van der Waals surface area contributed by atoms with Crippen molar-refractivity contribution in [1.82, 2.24) is 20.5 Å². The number of hydrogen-bond donors (Lipinski definition) is 2. The normalized spacial score (nSPS) is 24.2. The highest BCUT2D eigenvalue weighted by molar-refractivity contribution is 7.18. The van der Waals surface area contributed by atoms with E-state index in [1.165, 1.54) is 0 Å². The summed E-state index contributed by atoms with van der Waals surface area (Å²) in [7, 11) is 0. The number of nitrogens with one attached hydrogen (secondary N) is 2. The molecule has 2 fully saturated rings. The molecule has 0 aliphatic carbocycles. The van der Waals surface area contributed by atoms with Gasteiger partial charge in [0.15, 0.2) is 0 Å². The summed E-state index contributed by atoms with van der Waals surface area (Å²) < 4.78 is 1.15. The van der Waals surface area contributed by atoms with Crippen LogP contribution < -0.4 is 10.6 Å². The quantitative estimate of drug-likeness (QED) is 0.867. The molecular weight excluding hydrogens is 336 g/mol. The van der Waals surface area contributed by atoms with Crippen LogP contribution in [0.3, 0.4) is 0 Å². The van der Waals surface area contributed by atoms with Crippen LogP contribution in [0.4, 0.5) is 4.79 Å². The maximum Gasteiger partial charge on any atom is 0.318 e. The Morgan fingerprint density at radius 1 is 1.24 bits per heavy atom. The molecule has 4 rings (SSSR count). The van der Waals surface area contributed by atoms with E-state index >= 15 is 0 Å². The second kappa shape index (κ2) is 7.00. The molecule has 2 atom stereocenters. The fraction of sp³-hybridized carbons (Fsp3) is 0.500. The zero-order chi connectivity index (χ0) is 17.2. The zero-order valence-electron chi connectivity index (χ0n) is 14.0. The number of para-hydroxylation sites is 1. The molecule has 0 saturated carbocycles. The summed E-state index contributed by atoms with van der Waals surface area (Å²) in [5, 5.41) is 6.79. The summed E-state index contributed by atoms with van der Waals surface area (Å²) in [6.45, 7) is 1.41. The molecule has 3 heterocycles. The van der Waals surface area contributed by atoms with Crippen LogP contribution in [0.1, 0.15) is 43.2 Å². The number of amides is 3. The van der Waals surface area contributed by atoms with Crippen molar-refractivity contribution >= 4 is 33.5 Å². The molecule has 1 aromatic carbocycles. The van der Waals surface area contributed by atoms with Gasteiger partial charge in [-0.25, -0.2) is 9.78 Å². The topological polar surface area (TPSA) is 74.3 Å². The molecule has 3 amide bonds. The molecule has 2 aromatic rings. The van der Waals surface area contributed by atoms with Crippen LogP contribution in [-0.4, -0.2) is 41.0 Å². The number of hydrogen-bond acceptors (Lipinski definition) is 4. The van der Waals surface area contributed by atoms with Crippen LogP contribution in [0.2, 0.25) is 0 Å². The first-order valence-electron chi connectivity index (χ1n) is 8.93. The monoisotopic (exact) mass is 358 g/mol. The summed E-state index contributed by atoms with van der Waals surface area (Å²) in [6.07, 6.45) is 4.51. The number of fused-ring (bicyclic) bond motifs is 1. The number of aromatic nitrogens is 1. The van der Waals surface area contributed by atoms with Crippen molar-refractivity contribution in [1.29, 1.82) is 0 Å². The van der Waals surface area contributed by atoms with Crippen LogP contribution in [0.25, 0.3) is 10.2 Å². The van der Waals surface area contributed by atoms with Gasteiger partial charge < -0.3 is 15.5 Å². The van der Waals surface area contributed by atoms with E-state index in [1.807, 2.05) is 23.1 Å². The zero-order valence-corrected chi connectivity index (χ0v) is 14.8. The van der Waals surface area contributed by atoms with E-state index in [2.05, 4.69) is 16.7 Å². The molecule has 0 radical (unpaired) electrons. The minimum absolute atomic E-state index is 0.00578. The van der Waals surface area contributed by atoms with Crippen molar-refractivity contribution < 1.29 is 9.59 Å². The Morgan fingerprint density at radius 3 is 3.00 bits per heavy atom. The number of urea groups is 1. The SMILES string of the molecule is O=C1NCCCC[C@@H]1NC(=O)N1CCC[C@@H]1c1nc2ccccc2s1. The van der Waals surface area contributed by atoms with E-state index < -0.39 is 6.04 Å². The number of rotatable bonds is 2. The second-order valence-electron chi connectivity index (χ2n) is 6.66. The van der Waals surface area contributed by atoms with Crippen LogP contribution in [0.15, 0.2) is 24.3 Å². The average Bonchev–Trinajstić information content (AvgIpc) is 3.21. The van der Waals surface area contributed by atoms with Crippen LogP contribution in [0, 0.1) is 0 Å². The molecule has 2 aliphatic rings. The summed E-state index contributed by atoms with van der Waals surface area (Å²) >= 11 is 1.65. The van der Waals surface area contributed by atoms with Gasteiger partial charge in [0, 0.05) is 13.1 Å². The van der Waals surface area contributed by atoms with Crippen LogP contribution >= 0.6 is 11.3 Å². The Labute approximate surface area is 150 Å². The molecule has 7 heteroatoms. The first-order chi connectivity index (χ1) is 12.2. The maximum atomic E-state index is 12.8. The Morgan fingerprint density at radius 2 is 2.12 bits per heavy atom. The van der Waals surface area contributed by atoms with Crippen molar-refractivity contribution in [3.8, 4) is 0 Å². The second-order valence-corrected chi connectivity index (χ2v) is 7.72. The third-order valence-corrected chi connectivity index (χ3v) is 6.08.